The van der Waals surface area contributed by atoms with E-state index in [0.29, 0.717) is 57.3 Å². The van der Waals surface area contributed by atoms with E-state index in [4.69, 9.17) is 48.0 Å². The van der Waals surface area contributed by atoms with Crippen molar-refractivity contribution in [2.24, 2.45) is 11.8 Å². The zero-order chi connectivity index (χ0) is 39.4. The number of esters is 1. The number of carbonyl (C=O) groups is 2. The number of benzene rings is 4. The molecule has 2 aromatic heterocycles. The van der Waals surface area contributed by atoms with Crippen LogP contribution in [0.3, 0.4) is 0 Å². The highest BCUT2D eigenvalue weighted by Crippen LogP contribution is 2.55. The summed E-state index contributed by atoms with van der Waals surface area (Å²) in [5.74, 6) is 0.910. The monoisotopic (exact) mass is 770 g/mol. The number of amides is 1. The van der Waals surface area contributed by atoms with Gasteiger partial charge in [-0.3, -0.25) is 9.59 Å². The number of rotatable bonds is 10. The highest BCUT2D eigenvalue weighted by Gasteiger charge is 2.53. The van der Waals surface area contributed by atoms with Crippen LogP contribution in [0.2, 0.25) is 0 Å². The molecule has 1 N–H and O–H groups in total. The maximum Gasteiger partial charge on any atom is 0.310 e. The van der Waals surface area contributed by atoms with E-state index >= 15 is 0 Å². The summed E-state index contributed by atoms with van der Waals surface area (Å²) < 4.78 is 47.3. The Morgan fingerprint density at radius 3 is 2.12 bits per heavy atom. The van der Waals surface area contributed by atoms with Gasteiger partial charge in [-0.1, -0.05) is 30.3 Å². The van der Waals surface area contributed by atoms with Crippen LogP contribution in [-0.2, 0) is 9.53 Å². The molecule has 2 aliphatic heterocycles. The van der Waals surface area contributed by atoms with Crippen LogP contribution < -0.4 is 38.5 Å². The Kier molecular flexibility index (Phi) is 8.95. The minimum Gasteiger partial charge on any atom is -0.493 e. The van der Waals surface area contributed by atoms with Gasteiger partial charge in [0, 0.05) is 29.0 Å². The molecule has 0 bridgehead atoms. The summed E-state index contributed by atoms with van der Waals surface area (Å²) in [6, 6.07) is 25.5. The zero-order valence-corrected chi connectivity index (χ0v) is 31.7. The van der Waals surface area contributed by atoms with Crippen LogP contribution in [0.5, 0.6) is 40.2 Å². The summed E-state index contributed by atoms with van der Waals surface area (Å²) >= 11 is 0. The number of ether oxygens (including phenoxy) is 8. The molecule has 4 heterocycles. The summed E-state index contributed by atoms with van der Waals surface area (Å²) in [6.07, 6.45) is 0. The molecule has 1 fully saturated rings. The molecule has 14 heteroatoms. The molecule has 57 heavy (non-hydrogen) atoms. The van der Waals surface area contributed by atoms with Crippen LogP contribution >= 0.6 is 0 Å². The molecule has 3 aliphatic rings. The van der Waals surface area contributed by atoms with E-state index in [1.807, 2.05) is 72.8 Å². The lowest BCUT2D eigenvalue weighted by Gasteiger charge is -2.39. The van der Waals surface area contributed by atoms with Crippen molar-refractivity contribution in [2.45, 2.75) is 12.0 Å². The summed E-state index contributed by atoms with van der Waals surface area (Å²) in [5.41, 5.74) is 5.74. The minimum atomic E-state index is -0.688. The van der Waals surface area contributed by atoms with E-state index in [0.717, 1.165) is 27.8 Å². The number of methoxy groups -OCH3 is 5. The molecule has 14 nitrogen and oxygen atoms in total. The molecular weight excluding hydrogens is 732 g/mol. The standard InChI is InChI=1S/C43H38N4O10/c1-50-31-12-11-23(13-32(31)51-2)30-18-29(44-37-19-28(46-47(30)37)22-9-7-6-8-10-22)42(48)45-40-26-17-34-33(56-21-57-34)16-25(26)38(39-27(40)20-55-43(39)49)24-14-35(52-3)41(54-5)36(15-24)53-4/h6-19,27,38-40H,20-21H2,1-5H3,(H,45,48)/t27-,38+,39-,40+/m0/s1. The first-order valence-electron chi connectivity index (χ1n) is 18.2. The number of fused-ring (bicyclic) bond motifs is 4. The first-order valence-corrected chi connectivity index (χ1v) is 18.2. The Balaban J connectivity index is 1.17. The third kappa shape index (κ3) is 5.95. The van der Waals surface area contributed by atoms with Gasteiger partial charge in [-0.2, -0.15) is 5.10 Å². The predicted octanol–water partition coefficient (Wildman–Crippen LogP) is 6.24. The van der Waals surface area contributed by atoms with Crippen molar-refractivity contribution in [3.8, 4) is 62.8 Å². The third-order valence-corrected chi connectivity index (χ3v) is 10.9. The fourth-order valence-electron chi connectivity index (χ4n) is 8.29. The van der Waals surface area contributed by atoms with Gasteiger partial charge in [0.2, 0.25) is 12.5 Å². The SMILES string of the molecule is COc1ccc(-c2cc(C(=O)N[C@@H]3c4cc5c(cc4[C@@H](c4cc(OC)c(OC)c(OC)c4)[C@H]4C(=O)OC[C@@H]43)OCO5)nc3cc(-c4ccccc4)nn23)cc1OC. The molecule has 6 aromatic rings. The van der Waals surface area contributed by atoms with Crippen LogP contribution in [0.1, 0.15) is 39.1 Å². The molecule has 1 saturated heterocycles. The van der Waals surface area contributed by atoms with Gasteiger partial charge in [0.1, 0.15) is 5.69 Å². The smallest absolute Gasteiger partial charge is 0.310 e. The molecule has 0 unspecified atom stereocenters. The van der Waals surface area contributed by atoms with Crippen LogP contribution in [0, 0.1) is 11.8 Å². The van der Waals surface area contributed by atoms with E-state index in [1.165, 1.54) is 7.11 Å². The van der Waals surface area contributed by atoms with Crippen molar-refractivity contribution >= 4 is 17.5 Å². The van der Waals surface area contributed by atoms with Crippen LogP contribution in [0.4, 0.5) is 0 Å². The molecule has 290 valence electrons. The summed E-state index contributed by atoms with van der Waals surface area (Å²) in [6.45, 7) is 0.119. The second-order valence-electron chi connectivity index (χ2n) is 13.8. The first-order chi connectivity index (χ1) is 27.8. The maximum absolute atomic E-state index is 14.7. The summed E-state index contributed by atoms with van der Waals surface area (Å²) in [4.78, 5) is 33.3. The highest BCUT2D eigenvalue weighted by atomic mass is 16.7. The van der Waals surface area contributed by atoms with E-state index in [1.54, 1.807) is 45.1 Å². The fraction of sp³-hybridized carbons (Fsp3) is 0.256. The van der Waals surface area contributed by atoms with Crippen LogP contribution in [0.15, 0.2) is 84.9 Å². The van der Waals surface area contributed by atoms with Gasteiger partial charge in [-0.05, 0) is 65.2 Å². The lowest BCUT2D eigenvalue weighted by atomic mass is 9.65. The topological polar surface area (TPSA) is 150 Å². The molecule has 4 aromatic carbocycles. The van der Waals surface area contributed by atoms with E-state index in [2.05, 4.69) is 5.32 Å². The zero-order valence-electron chi connectivity index (χ0n) is 31.7. The Morgan fingerprint density at radius 1 is 0.737 bits per heavy atom. The number of cyclic esters (lactones) is 1. The normalized spacial score (nSPS) is 19.0. The van der Waals surface area contributed by atoms with Gasteiger partial charge in [0.05, 0.1) is 65.5 Å². The average molecular weight is 771 g/mol. The van der Waals surface area contributed by atoms with Gasteiger partial charge in [-0.25, -0.2) is 9.50 Å². The number of nitrogens with zero attached hydrogens (tertiary/aromatic N) is 3. The lowest BCUT2D eigenvalue weighted by Crippen LogP contribution is -2.43. The van der Waals surface area contributed by atoms with Gasteiger partial charge in [0.25, 0.3) is 5.91 Å². The minimum absolute atomic E-state index is 0.0399. The van der Waals surface area contributed by atoms with E-state index in [-0.39, 0.29) is 25.1 Å². The quantitative estimate of drug-likeness (QED) is 0.157. The number of nitrogens with one attached hydrogen (secondary N) is 1. The van der Waals surface area contributed by atoms with Crippen molar-refractivity contribution in [1.82, 2.24) is 19.9 Å². The Bertz CT molecular complexity index is 2530. The van der Waals surface area contributed by atoms with Crippen molar-refractivity contribution < 1.29 is 47.5 Å². The fourth-order valence-corrected chi connectivity index (χ4v) is 8.29. The first kappa shape index (κ1) is 35.7. The molecular formula is C43H38N4O10. The number of hydrogen-bond donors (Lipinski definition) is 1. The average Bonchev–Trinajstić information content (AvgIpc) is 4.00. The van der Waals surface area contributed by atoms with Crippen molar-refractivity contribution in [3.63, 3.8) is 0 Å². The maximum atomic E-state index is 14.7. The Morgan fingerprint density at radius 2 is 1.44 bits per heavy atom. The largest absolute Gasteiger partial charge is 0.493 e. The van der Waals surface area contributed by atoms with Crippen LogP contribution in [-0.4, -0.2) is 75.4 Å². The molecule has 0 saturated carbocycles. The number of aromatic nitrogens is 3. The number of carbonyl (C=O) groups excluding carboxylic acids is 2. The van der Waals surface area contributed by atoms with Crippen LogP contribution in [0.25, 0.3) is 28.2 Å². The Labute approximate surface area is 327 Å². The van der Waals surface area contributed by atoms with Crippen molar-refractivity contribution in [3.05, 3.63) is 107 Å². The van der Waals surface area contributed by atoms with Gasteiger partial charge in [-0.15, -0.1) is 0 Å². The summed E-state index contributed by atoms with van der Waals surface area (Å²) in [7, 11) is 7.75. The van der Waals surface area contributed by atoms with Gasteiger partial charge >= 0.3 is 5.97 Å². The molecule has 0 radical (unpaired) electrons. The summed E-state index contributed by atoms with van der Waals surface area (Å²) in [5, 5.41) is 8.16. The van der Waals surface area contributed by atoms with Gasteiger partial charge < -0.3 is 43.2 Å². The van der Waals surface area contributed by atoms with E-state index in [9.17, 15) is 9.59 Å². The van der Waals surface area contributed by atoms with Gasteiger partial charge in [0.15, 0.2) is 40.1 Å². The number of hydrogen-bond acceptors (Lipinski definition) is 12. The van der Waals surface area contributed by atoms with Crippen molar-refractivity contribution in [1.29, 1.82) is 0 Å². The molecule has 1 amide bonds. The van der Waals surface area contributed by atoms with Crippen molar-refractivity contribution in [2.75, 3.05) is 48.9 Å². The molecule has 9 rings (SSSR count). The second-order valence-corrected chi connectivity index (χ2v) is 13.8. The third-order valence-electron chi connectivity index (χ3n) is 10.9. The Hall–Kier alpha value is -6.96. The lowest BCUT2D eigenvalue weighted by molar-refractivity contribution is -0.141. The molecule has 1 aliphatic carbocycles. The predicted molar refractivity (Wildman–Crippen MR) is 206 cm³/mol. The second kappa shape index (κ2) is 14.3. The molecule has 4 atom stereocenters. The highest BCUT2D eigenvalue weighted by molar-refractivity contribution is 5.95. The van der Waals surface area contributed by atoms with E-state index < -0.39 is 29.7 Å². The molecule has 0 spiro atoms.